The van der Waals surface area contributed by atoms with Crippen LogP contribution in [0.1, 0.15) is 29.2 Å². The first-order valence-corrected chi connectivity index (χ1v) is 9.55. The predicted octanol–water partition coefficient (Wildman–Crippen LogP) is 2.83. The van der Waals surface area contributed by atoms with E-state index >= 15 is 0 Å². The second kappa shape index (κ2) is 6.44. The molecule has 1 aliphatic rings. The van der Waals surface area contributed by atoms with Gasteiger partial charge in [-0.05, 0) is 11.1 Å². The summed E-state index contributed by atoms with van der Waals surface area (Å²) in [6.07, 6.45) is 2.45. The van der Waals surface area contributed by atoms with E-state index in [-0.39, 0.29) is 17.2 Å². The molecule has 0 radical (unpaired) electrons. The van der Waals surface area contributed by atoms with E-state index in [4.69, 9.17) is 5.10 Å². The molecule has 0 amide bonds. The summed E-state index contributed by atoms with van der Waals surface area (Å²) in [5.74, 6) is -0.0147. The number of rotatable bonds is 2. The minimum atomic E-state index is -0.332. The molecular formula is C23H20N4O2. The zero-order valence-corrected chi connectivity index (χ0v) is 16.2. The Labute approximate surface area is 167 Å². The van der Waals surface area contributed by atoms with Crippen molar-refractivity contribution in [3.63, 3.8) is 0 Å². The summed E-state index contributed by atoms with van der Waals surface area (Å²) < 4.78 is 4.49. The number of fused-ring (bicyclic) bond motifs is 3. The quantitative estimate of drug-likeness (QED) is 0.534. The second-order valence-corrected chi connectivity index (χ2v) is 7.41. The van der Waals surface area contributed by atoms with Gasteiger partial charge < -0.3 is 0 Å². The number of hydrogen-bond donors (Lipinski definition) is 0. The van der Waals surface area contributed by atoms with Crippen molar-refractivity contribution < 1.29 is 0 Å². The molecule has 0 fully saturated rings. The summed E-state index contributed by atoms with van der Waals surface area (Å²) in [5.41, 5.74) is 4.04. The summed E-state index contributed by atoms with van der Waals surface area (Å²) in [4.78, 5) is 25.4. The van der Waals surface area contributed by atoms with Crippen LogP contribution in [0.3, 0.4) is 0 Å². The van der Waals surface area contributed by atoms with Crippen LogP contribution < -0.4 is 11.2 Å². The molecule has 1 aliphatic heterocycles. The van der Waals surface area contributed by atoms with Crippen LogP contribution in [0.25, 0.3) is 10.9 Å². The molecule has 1 atom stereocenters. The van der Waals surface area contributed by atoms with Crippen molar-refractivity contribution in [3.8, 4) is 0 Å². The standard InChI is InChI=1S/C23H20N4O2/c1-25-20-18(22(28)26(2)23(25)29)14-27-21(20)17(15-9-5-3-6-10-15)13-19(24-27)16-11-7-4-8-12-16/h3-12,14,17H,13H2,1-2H3/t17-/m0/s1. The summed E-state index contributed by atoms with van der Waals surface area (Å²) in [7, 11) is 3.22. The molecule has 0 saturated carbocycles. The molecule has 2 aromatic carbocycles. The molecule has 0 spiro atoms. The van der Waals surface area contributed by atoms with Gasteiger partial charge in [-0.25, -0.2) is 9.47 Å². The van der Waals surface area contributed by atoms with Gasteiger partial charge in [0.2, 0.25) is 0 Å². The van der Waals surface area contributed by atoms with E-state index in [1.807, 2.05) is 48.5 Å². The van der Waals surface area contributed by atoms with Crippen LogP contribution in [0, 0.1) is 0 Å². The Morgan fingerprint density at radius 3 is 2.24 bits per heavy atom. The maximum atomic E-state index is 12.8. The first-order chi connectivity index (χ1) is 14.1. The number of benzene rings is 2. The van der Waals surface area contributed by atoms with E-state index in [0.717, 1.165) is 27.1 Å². The molecule has 5 rings (SSSR count). The van der Waals surface area contributed by atoms with Gasteiger partial charge in [-0.2, -0.15) is 5.10 Å². The summed E-state index contributed by atoms with van der Waals surface area (Å²) >= 11 is 0. The van der Waals surface area contributed by atoms with Crippen LogP contribution in [0.5, 0.6) is 0 Å². The molecule has 2 aromatic heterocycles. The van der Waals surface area contributed by atoms with E-state index in [0.29, 0.717) is 17.3 Å². The maximum Gasteiger partial charge on any atom is 0.331 e. The van der Waals surface area contributed by atoms with E-state index in [1.54, 1.807) is 22.5 Å². The van der Waals surface area contributed by atoms with Crippen molar-refractivity contribution in [2.24, 2.45) is 19.2 Å². The fourth-order valence-corrected chi connectivity index (χ4v) is 4.23. The van der Waals surface area contributed by atoms with Crippen molar-refractivity contribution >= 4 is 16.6 Å². The van der Waals surface area contributed by atoms with Gasteiger partial charge in [0, 0.05) is 32.6 Å². The molecule has 29 heavy (non-hydrogen) atoms. The molecule has 0 N–H and O–H groups in total. The molecule has 6 nitrogen and oxygen atoms in total. The van der Waals surface area contributed by atoms with Crippen LogP contribution >= 0.6 is 0 Å². The Morgan fingerprint density at radius 1 is 0.897 bits per heavy atom. The third-order valence-corrected chi connectivity index (χ3v) is 5.71. The van der Waals surface area contributed by atoms with Crippen molar-refractivity contribution in [2.45, 2.75) is 12.3 Å². The zero-order chi connectivity index (χ0) is 20.1. The molecule has 0 aliphatic carbocycles. The lowest BCUT2D eigenvalue weighted by Crippen LogP contribution is -2.36. The van der Waals surface area contributed by atoms with E-state index in [1.165, 1.54) is 7.05 Å². The van der Waals surface area contributed by atoms with Gasteiger partial charge in [0.1, 0.15) is 0 Å². The highest BCUT2D eigenvalue weighted by molar-refractivity contribution is 6.02. The Balaban J connectivity index is 1.86. The third kappa shape index (κ3) is 2.60. The van der Waals surface area contributed by atoms with Crippen LogP contribution in [-0.2, 0) is 14.1 Å². The Bertz CT molecular complexity index is 1380. The molecule has 6 heteroatoms. The lowest BCUT2D eigenvalue weighted by Gasteiger charge is -2.25. The summed E-state index contributed by atoms with van der Waals surface area (Å²) in [6, 6.07) is 20.2. The highest BCUT2D eigenvalue weighted by Gasteiger charge is 2.30. The van der Waals surface area contributed by atoms with E-state index in [2.05, 4.69) is 12.1 Å². The van der Waals surface area contributed by atoms with Crippen LogP contribution in [-0.4, -0.2) is 19.5 Å². The van der Waals surface area contributed by atoms with E-state index < -0.39 is 0 Å². The molecule has 0 saturated heterocycles. The molecule has 0 unspecified atom stereocenters. The largest absolute Gasteiger partial charge is 0.331 e. The van der Waals surface area contributed by atoms with Gasteiger partial charge in [0.05, 0.1) is 22.3 Å². The number of nitrogens with zero attached hydrogens (tertiary/aromatic N) is 4. The smallest absolute Gasteiger partial charge is 0.294 e. The van der Waals surface area contributed by atoms with Gasteiger partial charge in [-0.15, -0.1) is 0 Å². The number of aryl methyl sites for hydroxylation is 1. The fourth-order valence-electron chi connectivity index (χ4n) is 4.23. The molecule has 3 heterocycles. The highest BCUT2D eigenvalue weighted by Crippen LogP contribution is 2.37. The summed E-state index contributed by atoms with van der Waals surface area (Å²) in [6.45, 7) is 0. The van der Waals surface area contributed by atoms with Gasteiger partial charge in [0.15, 0.2) is 0 Å². The first-order valence-electron chi connectivity index (χ1n) is 9.55. The monoisotopic (exact) mass is 384 g/mol. The average molecular weight is 384 g/mol. The minimum Gasteiger partial charge on any atom is -0.294 e. The Hall–Kier alpha value is -3.67. The SMILES string of the molecule is Cn1c(=O)c2cn3c(c2n(C)c1=O)[C@H](c1ccccc1)CC(c1ccccc1)=N3. The van der Waals surface area contributed by atoms with Crippen molar-refractivity contribution in [3.05, 3.63) is 105 Å². The molecule has 4 aromatic rings. The lowest BCUT2D eigenvalue weighted by molar-refractivity contribution is 0.678. The number of aromatic nitrogens is 3. The van der Waals surface area contributed by atoms with Gasteiger partial charge in [-0.3, -0.25) is 13.9 Å². The maximum absolute atomic E-state index is 12.8. The zero-order valence-electron chi connectivity index (χ0n) is 16.2. The molecular weight excluding hydrogens is 364 g/mol. The van der Waals surface area contributed by atoms with Crippen LogP contribution in [0.2, 0.25) is 0 Å². The molecule has 144 valence electrons. The first kappa shape index (κ1) is 17.4. The normalized spacial score (nSPS) is 15.9. The lowest BCUT2D eigenvalue weighted by atomic mass is 9.87. The fraction of sp³-hybridized carbons (Fsp3) is 0.174. The van der Waals surface area contributed by atoms with Crippen molar-refractivity contribution in [1.29, 1.82) is 0 Å². The highest BCUT2D eigenvalue weighted by atomic mass is 16.2. The number of hydrogen-bond acceptors (Lipinski definition) is 3. The Morgan fingerprint density at radius 2 is 1.55 bits per heavy atom. The topological polar surface area (TPSA) is 61.3 Å². The van der Waals surface area contributed by atoms with Crippen molar-refractivity contribution in [1.82, 2.24) is 13.8 Å². The summed E-state index contributed by atoms with van der Waals surface area (Å²) in [5, 5.41) is 5.34. The predicted molar refractivity (Wildman–Crippen MR) is 114 cm³/mol. The Kier molecular flexibility index (Phi) is 3.87. The van der Waals surface area contributed by atoms with Crippen molar-refractivity contribution in [2.75, 3.05) is 0 Å². The van der Waals surface area contributed by atoms with Gasteiger partial charge >= 0.3 is 5.69 Å². The van der Waals surface area contributed by atoms with Gasteiger partial charge in [0.25, 0.3) is 5.56 Å². The third-order valence-electron chi connectivity index (χ3n) is 5.71. The van der Waals surface area contributed by atoms with Crippen LogP contribution in [0.4, 0.5) is 0 Å². The van der Waals surface area contributed by atoms with Crippen LogP contribution in [0.15, 0.2) is 81.6 Å². The minimum absolute atomic E-state index is 0.0147. The second-order valence-electron chi connectivity index (χ2n) is 7.41. The molecule has 0 bridgehead atoms. The average Bonchev–Trinajstić information content (AvgIpc) is 3.16. The van der Waals surface area contributed by atoms with Gasteiger partial charge in [-0.1, -0.05) is 60.7 Å². The van der Waals surface area contributed by atoms with E-state index in [9.17, 15) is 9.59 Å².